The van der Waals surface area contributed by atoms with Gasteiger partial charge in [0.05, 0.1) is 12.1 Å². The molecule has 104 valence electrons. The Labute approximate surface area is 108 Å². The summed E-state index contributed by atoms with van der Waals surface area (Å²) < 4.78 is 37.9. The Hall–Kier alpha value is -1.76. The fraction of sp³-hybridized carbons (Fsp3) is 0.417. The van der Waals surface area contributed by atoms with Gasteiger partial charge in [0.1, 0.15) is 0 Å². The number of halogens is 3. The van der Waals surface area contributed by atoms with E-state index in [2.05, 4.69) is 5.32 Å². The molecule has 1 aromatic rings. The fourth-order valence-electron chi connectivity index (χ4n) is 2.08. The average Bonchev–Trinajstić information content (AvgIpc) is 2.37. The number of hydrogen-bond donors (Lipinski definition) is 2. The van der Waals surface area contributed by atoms with Crippen LogP contribution in [-0.4, -0.2) is 25.5 Å². The van der Waals surface area contributed by atoms with Gasteiger partial charge in [-0.15, -0.1) is 0 Å². The number of nitrogens with one attached hydrogen (secondary N) is 1. The number of anilines is 1. The molecule has 0 unspecified atom stereocenters. The van der Waals surface area contributed by atoms with Crippen LogP contribution in [0.1, 0.15) is 11.1 Å². The lowest BCUT2D eigenvalue weighted by molar-refractivity contribution is -0.137. The molecular formula is C12H14F3N3O. The van der Waals surface area contributed by atoms with Crippen molar-refractivity contribution in [3.8, 4) is 0 Å². The summed E-state index contributed by atoms with van der Waals surface area (Å²) >= 11 is 0. The summed E-state index contributed by atoms with van der Waals surface area (Å²) in [5.74, 6) is -0.144. The SMILES string of the molecule is NCc1cc(C(F)(F)F)ccc1N1CCNC(=O)C1. The second kappa shape index (κ2) is 5.08. The first-order valence-electron chi connectivity index (χ1n) is 5.83. The van der Waals surface area contributed by atoms with E-state index in [4.69, 9.17) is 5.73 Å². The Morgan fingerprint density at radius 2 is 2.11 bits per heavy atom. The van der Waals surface area contributed by atoms with Gasteiger partial charge in [-0.1, -0.05) is 0 Å². The van der Waals surface area contributed by atoms with Crippen LogP contribution in [0.25, 0.3) is 0 Å². The Balaban J connectivity index is 2.33. The number of hydrogen-bond acceptors (Lipinski definition) is 3. The minimum atomic E-state index is -4.39. The summed E-state index contributed by atoms with van der Waals surface area (Å²) in [7, 11) is 0. The molecule has 0 aromatic heterocycles. The third-order valence-electron chi connectivity index (χ3n) is 3.01. The molecule has 0 saturated carbocycles. The van der Waals surface area contributed by atoms with E-state index in [0.29, 0.717) is 24.3 Å². The van der Waals surface area contributed by atoms with E-state index in [1.807, 2.05) is 0 Å². The smallest absolute Gasteiger partial charge is 0.360 e. The van der Waals surface area contributed by atoms with Crippen molar-refractivity contribution in [3.63, 3.8) is 0 Å². The zero-order valence-electron chi connectivity index (χ0n) is 10.1. The summed E-state index contributed by atoms with van der Waals surface area (Å²) in [6, 6.07) is 3.44. The van der Waals surface area contributed by atoms with Gasteiger partial charge in [-0.2, -0.15) is 13.2 Å². The predicted octanol–water partition coefficient (Wildman–Crippen LogP) is 1.10. The Kier molecular flexibility index (Phi) is 3.66. The molecule has 1 saturated heterocycles. The largest absolute Gasteiger partial charge is 0.416 e. The van der Waals surface area contributed by atoms with Gasteiger partial charge >= 0.3 is 6.18 Å². The van der Waals surface area contributed by atoms with E-state index >= 15 is 0 Å². The van der Waals surface area contributed by atoms with Crippen molar-refractivity contribution < 1.29 is 18.0 Å². The zero-order chi connectivity index (χ0) is 14.0. The van der Waals surface area contributed by atoms with Crippen molar-refractivity contribution in [2.24, 2.45) is 5.73 Å². The molecule has 7 heteroatoms. The fourth-order valence-corrected chi connectivity index (χ4v) is 2.08. The van der Waals surface area contributed by atoms with Crippen LogP contribution in [-0.2, 0) is 17.5 Å². The zero-order valence-corrected chi connectivity index (χ0v) is 10.1. The highest BCUT2D eigenvalue weighted by atomic mass is 19.4. The molecule has 1 aliphatic rings. The normalized spacial score (nSPS) is 16.4. The number of carbonyl (C=O) groups is 1. The predicted molar refractivity (Wildman–Crippen MR) is 64.6 cm³/mol. The number of carbonyl (C=O) groups excluding carboxylic acids is 1. The van der Waals surface area contributed by atoms with Gasteiger partial charge in [0.15, 0.2) is 0 Å². The number of amides is 1. The number of nitrogens with two attached hydrogens (primary N) is 1. The molecule has 1 heterocycles. The highest BCUT2D eigenvalue weighted by molar-refractivity contribution is 5.83. The van der Waals surface area contributed by atoms with E-state index < -0.39 is 11.7 Å². The molecule has 1 aliphatic heterocycles. The number of piperazine rings is 1. The molecule has 3 N–H and O–H groups in total. The minimum Gasteiger partial charge on any atom is -0.360 e. The Morgan fingerprint density at radius 3 is 2.68 bits per heavy atom. The second-order valence-electron chi connectivity index (χ2n) is 4.32. The van der Waals surface area contributed by atoms with Crippen molar-refractivity contribution in [1.29, 1.82) is 0 Å². The maximum absolute atomic E-state index is 12.6. The molecular weight excluding hydrogens is 259 g/mol. The van der Waals surface area contributed by atoms with Crippen LogP contribution < -0.4 is 16.0 Å². The van der Waals surface area contributed by atoms with Gasteiger partial charge in [-0.25, -0.2) is 0 Å². The lowest BCUT2D eigenvalue weighted by Crippen LogP contribution is -2.48. The first-order valence-corrected chi connectivity index (χ1v) is 5.83. The van der Waals surface area contributed by atoms with Crippen molar-refractivity contribution in [1.82, 2.24) is 5.32 Å². The summed E-state index contributed by atoms with van der Waals surface area (Å²) in [5, 5.41) is 2.66. The Morgan fingerprint density at radius 1 is 1.37 bits per heavy atom. The van der Waals surface area contributed by atoms with Gasteiger partial charge in [0, 0.05) is 25.3 Å². The van der Waals surface area contributed by atoms with Gasteiger partial charge in [0.25, 0.3) is 0 Å². The number of benzene rings is 1. The molecule has 0 bridgehead atoms. The third kappa shape index (κ3) is 2.98. The number of rotatable bonds is 2. The highest BCUT2D eigenvalue weighted by Gasteiger charge is 2.31. The van der Waals surface area contributed by atoms with Crippen LogP contribution in [0.15, 0.2) is 18.2 Å². The van der Waals surface area contributed by atoms with E-state index in [9.17, 15) is 18.0 Å². The van der Waals surface area contributed by atoms with Gasteiger partial charge < -0.3 is 16.0 Å². The highest BCUT2D eigenvalue weighted by Crippen LogP contribution is 2.32. The molecule has 0 spiro atoms. The van der Waals surface area contributed by atoms with E-state index in [0.717, 1.165) is 12.1 Å². The quantitative estimate of drug-likeness (QED) is 0.848. The van der Waals surface area contributed by atoms with Crippen LogP contribution in [0.5, 0.6) is 0 Å². The molecule has 1 fully saturated rings. The van der Waals surface area contributed by atoms with Crippen molar-refractivity contribution >= 4 is 11.6 Å². The molecule has 0 radical (unpaired) electrons. The summed E-state index contributed by atoms with van der Waals surface area (Å²) in [6.07, 6.45) is -4.39. The third-order valence-corrected chi connectivity index (χ3v) is 3.01. The van der Waals surface area contributed by atoms with Gasteiger partial charge in [-0.3, -0.25) is 4.79 Å². The first kappa shape index (κ1) is 13.7. The van der Waals surface area contributed by atoms with E-state index in [-0.39, 0.29) is 19.0 Å². The Bertz CT molecular complexity index is 488. The molecule has 0 atom stereocenters. The maximum atomic E-state index is 12.6. The van der Waals surface area contributed by atoms with Crippen LogP contribution in [0.2, 0.25) is 0 Å². The molecule has 1 aromatic carbocycles. The second-order valence-corrected chi connectivity index (χ2v) is 4.32. The van der Waals surface area contributed by atoms with E-state index in [1.165, 1.54) is 6.07 Å². The number of nitrogens with zero attached hydrogens (tertiary/aromatic N) is 1. The molecule has 19 heavy (non-hydrogen) atoms. The van der Waals surface area contributed by atoms with Crippen molar-refractivity contribution in [2.75, 3.05) is 24.5 Å². The van der Waals surface area contributed by atoms with Crippen LogP contribution >= 0.6 is 0 Å². The van der Waals surface area contributed by atoms with Gasteiger partial charge in [0.2, 0.25) is 5.91 Å². The van der Waals surface area contributed by atoms with Crippen molar-refractivity contribution in [3.05, 3.63) is 29.3 Å². The minimum absolute atomic E-state index is 0.00261. The molecule has 0 aliphatic carbocycles. The van der Waals surface area contributed by atoms with Gasteiger partial charge in [-0.05, 0) is 23.8 Å². The lowest BCUT2D eigenvalue weighted by Gasteiger charge is -2.30. The van der Waals surface area contributed by atoms with E-state index in [1.54, 1.807) is 4.90 Å². The average molecular weight is 273 g/mol. The first-order chi connectivity index (χ1) is 8.91. The summed E-state index contributed by atoms with van der Waals surface area (Å²) in [4.78, 5) is 13.0. The van der Waals surface area contributed by atoms with Crippen molar-refractivity contribution in [2.45, 2.75) is 12.7 Å². The molecule has 1 amide bonds. The summed E-state index contributed by atoms with van der Waals surface area (Å²) in [5.41, 5.74) is 5.77. The van der Waals surface area contributed by atoms with Crippen LogP contribution in [0.3, 0.4) is 0 Å². The molecule has 2 rings (SSSR count). The number of alkyl halides is 3. The van der Waals surface area contributed by atoms with Crippen LogP contribution in [0, 0.1) is 0 Å². The molecule has 4 nitrogen and oxygen atoms in total. The monoisotopic (exact) mass is 273 g/mol. The topological polar surface area (TPSA) is 58.4 Å². The lowest BCUT2D eigenvalue weighted by atomic mass is 10.1. The van der Waals surface area contributed by atoms with Crippen LogP contribution in [0.4, 0.5) is 18.9 Å². The standard InChI is InChI=1S/C12H14F3N3O/c13-12(14,15)9-1-2-10(8(5-9)6-16)18-4-3-17-11(19)7-18/h1-2,5H,3-4,6-7,16H2,(H,17,19). The summed E-state index contributed by atoms with van der Waals surface area (Å²) in [6.45, 7) is 1.17. The maximum Gasteiger partial charge on any atom is 0.416 e.